The monoisotopic (exact) mass is 393 g/mol. The van der Waals surface area contributed by atoms with Crippen molar-refractivity contribution < 1.29 is 27.4 Å². The summed E-state index contributed by atoms with van der Waals surface area (Å²) in [5.74, 6) is 0.128. The topological polar surface area (TPSA) is 90.9 Å². The van der Waals surface area contributed by atoms with E-state index in [1.54, 1.807) is 62.8 Å². The third-order valence-corrected chi connectivity index (χ3v) is 4.95. The molecule has 0 saturated carbocycles. The molecule has 0 heterocycles. The quantitative estimate of drug-likeness (QED) is 0.465. The van der Waals surface area contributed by atoms with Crippen LogP contribution in [0.25, 0.3) is 0 Å². The Balaban J connectivity index is 2.11. The number of carbonyl (C=O) groups is 1. The Morgan fingerprint density at radius 3 is 2.33 bits per heavy atom. The van der Waals surface area contributed by atoms with E-state index in [4.69, 9.17) is 14.2 Å². The molecule has 1 N–H and O–H groups in total. The van der Waals surface area contributed by atoms with Gasteiger partial charge in [-0.3, -0.25) is 9.52 Å². The molecular weight excluding hydrogens is 370 g/mol. The van der Waals surface area contributed by atoms with Crippen molar-refractivity contribution in [3.63, 3.8) is 0 Å². The first-order valence-electron chi connectivity index (χ1n) is 8.32. The fourth-order valence-corrected chi connectivity index (χ4v) is 3.25. The van der Waals surface area contributed by atoms with Crippen molar-refractivity contribution >= 4 is 21.5 Å². The third-order valence-electron chi connectivity index (χ3n) is 3.72. The lowest BCUT2D eigenvalue weighted by Crippen LogP contribution is -2.22. The number of rotatable bonds is 11. The van der Waals surface area contributed by atoms with Gasteiger partial charge in [-0.2, -0.15) is 0 Å². The van der Waals surface area contributed by atoms with Crippen LogP contribution in [0.1, 0.15) is 15.9 Å². The van der Waals surface area contributed by atoms with Crippen LogP contribution in [0.3, 0.4) is 0 Å². The molecule has 0 aliphatic carbocycles. The molecule has 0 aliphatic heterocycles. The van der Waals surface area contributed by atoms with Crippen LogP contribution in [-0.4, -0.2) is 54.0 Å². The second kappa shape index (κ2) is 10.1. The first-order chi connectivity index (χ1) is 13.0. The van der Waals surface area contributed by atoms with Gasteiger partial charge in [0.05, 0.1) is 38.4 Å². The minimum Gasteiger partial charge on any atom is -0.497 e. The molecule has 2 rings (SSSR count). The SMILES string of the molecule is COCCOCCS(=O)(=O)Nc1ccccc1C(=O)c1ccc(OC)cc1. The number of hydrogen-bond donors (Lipinski definition) is 1. The van der Waals surface area contributed by atoms with Crippen LogP contribution in [0.5, 0.6) is 5.75 Å². The van der Waals surface area contributed by atoms with Crippen LogP contribution in [0, 0.1) is 0 Å². The zero-order valence-corrected chi connectivity index (χ0v) is 16.1. The highest BCUT2D eigenvalue weighted by Gasteiger charge is 2.18. The number of sulfonamides is 1. The number of benzene rings is 2. The van der Waals surface area contributed by atoms with E-state index in [1.807, 2.05) is 0 Å². The molecule has 27 heavy (non-hydrogen) atoms. The Bertz CT molecular complexity index is 849. The molecule has 0 spiro atoms. The van der Waals surface area contributed by atoms with Gasteiger partial charge < -0.3 is 14.2 Å². The van der Waals surface area contributed by atoms with E-state index < -0.39 is 10.0 Å². The maximum Gasteiger partial charge on any atom is 0.235 e. The Morgan fingerprint density at radius 2 is 1.67 bits per heavy atom. The number of anilines is 1. The Morgan fingerprint density at radius 1 is 0.963 bits per heavy atom. The fraction of sp³-hybridized carbons (Fsp3) is 0.316. The van der Waals surface area contributed by atoms with Crippen LogP contribution in [0.2, 0.25) is 0 Å². The maximum absolute atomic E-state index is 12.8. The molecule has 2 aromatic rings. The zero-order valence-electron chi connectivity index (χ0n) is 15.3. The molecule has 0 fully saturated rings. The highest BCUT2D eigenvalue weighted by atomic mass is 32.2. The van der Waals surface area contributed by atoms with Crippen LogP contribution >= 0.6 is 0 Å². The predicted molar refractivity (Wildman–Crippen MR) is 103 cm³/mol. The average molecular weight is 393 g/mol. The van der Waals surface area contributed by atoms with Gasteiger partial charge in [-0.1, -0.05) is 12.1 Å². The van der Waals surface area contributed by atoms with Gasteiger partial charge in [0.25, 0.3) is 0 Å². The predicted octanol–water partition coefficient (Wildman–Crippen LogP) is 2.33. The van der Waals surface area contributed by atoms with Crippen LogP contribution in [0.15, 0.2) is 48.5 Å². The summed E-state index contributed by atoms with van der Waals surface area (Å²) >= 11 is 0. The second-order valence-corrected chi connectivity index (χ2v) is 7.47. The van der Waals surface area contributed by atoms with E-state index in [9.17, 15) is 13.2 Å². The summed E-state index contributed by atoms with van der Waals surface area (Å²) in [5.41, 5.74) is 0.937. The first-order valence-corrected chi connectivity index (χ1v) is 9.97. The Kier molecular flexibility index (Phi) is 7.78. The smallest absolute Gasteiger partial charge is 0.235 e. The molecular formula is C19H23NO6S. The number of para-hydroxylation sites is 1. The van der Waals surface area contributed by atoms with Gasteiger partial charge in [-0.05, 0) is 36.4 Å². The van der Waals surface area contributed by atoms with Crippen molar-refractivity contribution in [2.24, 2.45) is 0 Å². The van der Waals surface area contributed by atoms with E-state index in [-0.39, 0.29) is 29.4 Å². The molecule has 0 atom stereocenters. The largest absolute Gasteiger partial charge is 0.497 e. The Hall–Kier alpha value is -2.42. The molecule has 0 amide bonds. The van der Waals surface area contributed by atoms with Gasteiger partial charge in [0.2, 0.25) is 10.0 Å². The summed E-state index contributed by atoms with van der Waals surface area (Å²) in [6.45, 7) is 0.749. The first kappa shape index (κ1) is 20.9. The lowest BCUT2D eigenvalue weighted by Gasteiger charge is -2.12. The number of ketones is 1. The number of methoxy groups -OCH3 is 2. The van der Waals surface area contributed by atoms with Crippen molar-refractivity contribution in [2.45, 2.75) is 0 Å². The molecule has 0 radical (unpaired) electrons. The van der Waals surface area contributed by atoms with E-state index in [2.05, 4.69) is 4.72 Å². The number of nitrogens with one attached hydrogen (secondary N) is 1. The molecule has 0 aliphatic rings. The molecule has 7 nitrogen and oxygen atoms in total. The van der Waals surface area contributed by atoms with Crippen molar-refractivity contribution in [2.75, 3.05) is 44.5 Å². The highest BCUT2D eigenvalue weighted by molar-refractivity contribution is 7.92. The summed E-state index contributed by atoms with van der Waals surface area (Å²) in [6, 6.07) is 13.1. The lowest BCUT2D eigenvalue weighted by molar-refractivity contribution is 0.0785. The van der Waals surface area contributed by atoms with Gasteiger partial charge in [-0.15, -0.1) is 0 Å². The number of hydrogen-bond acceptors (Lipinski definition) is 6. The van der Waals surface area contributed by atoms with Crippen molar-refractivity contribution in [3.8, 4) is 5.75 Å². The van der Waals surface area contributed by atoms with E-state index in [0.717, 1.165) is 0 Å². The fourth-order valence-electron chi connectivity index (χ4n) is 2.30. The molecule has 0 saturated heterocycles. The minimum absolute atomic E-state index is 0.0350. The molecule has 8 heteroatoms. The van der Waals surface area contributed by atoms with E-state index >= 15 is 0 Å². The van der Waals surface area contributed by atoms with Crippen molar-refractivity contribution in [1.82, 2.24) is 0 Å². The highest BCUT2D eigenvalue weighted by Crippen LogP contribution is 2.22. The molecule has 2 aromatic carbocycles. The van der Waals surface area contributed by atoms with Gasteiger partial charge in [0.1, 0.15) is 5.75 Å². The van der Waals surface area contributed by atoms with Crippen LogP contribution in [0.4, 0.5) is 5.69 Å². The van der Waals surface area contributed by atoms with Crippen molar-refractivity contribution in [1.29, 1.82) is 0 Å². The Labute approximate surface area is 159 Å². The summed E-state index contributed by atoms with van der Waals surface area (Å²) in [4.78, 5) is 12.8. The van der Waals surface area contributed by atoms with Gasteiger partial charge in [0, 0.05) is 18.2 Å². The summed E-state index contributed by atoms with van der Waals surface area (Å²) in [7, 11) is -0.577. The van der Waals surface area contributed by atoms with Crippen molar-refractivity contribution in [3.05, 3.63) is 59.7 Å². The van der Waals surface area contributed by atoms with Gasteiger partial charge in [-0.25, -0.2) is 8.42 Å². The normalized spacial score (nSPS) is 11.2. The van der Waals surface area contributed by atoms with Gasteiger partial charge in [0.15, 0.2) is 5.78 Å². The van der Waals surface area contributed by atoms with Gasteiger partial charge >= 0.3 is 0 Å². The molecule has 0 aromatic heterocycles. The second-order valence-electron chi connectivity index (χ2n) is 5.63. The number of ether oxygens (including phenoxy) is 3. The number of carbonyl (C=O) groups excluding carboxylic acids is 1. The minimum atomic E-state index is -3.66. The summed E-state index contributed by atoms with van der Waals surface area (Å²) in [6.07, 6.45) is 0. The maximum atomic E-state index is 12.8. The average Bonchev–Trinajstić information content (AvgIpc) is 2.67. The van der Waals surface area contributed by atoms with E-state index in [0.29, 0.717) is 24.5 Å². The van der Waals surface area contributed by atoms with Crippen LogP contribution in [-0.2, 0) is 19.5 Å². The van der Waals surface area contributed by atoms with Crippen LogP contribution < -0.4 is 9.46 Å². The summed E-state index contributed by atoms with van der Waals surface area (Å²) in [5, 5.41) is 0. The van der Waals surface area contributed by atoms with E-state index in [1.165, 1.54) is 0 Å². The lowest BCUT2D eigenvalue weighted by atomic mass is 10.0. The molecule has 146 valence electrons. The standard InChI is InChI=1S/C19H23NO6S/c1-24-11-12-26-13-14-27(22,23)20-18-6-4-3-5-17(18)19(21)15-7-9-16(25-2)10-8-15/h3-10,20H,11-14H2,1-2H3. The zero-order chi connectivity index (χ0) is 19.7. The molecule has 0 unspecified atom stereocenters. The summed E-state index contributed by atoms with van der Waals surface area (Å²) < 4.78 is 42.1. The third kappa shape index (κ3) is 6.35. The molecule has 0 bridgehead atoms.